The van der Waals surface area contributed by atoms with Crippen molar-refractivity contribution < 1.29 is 14.3 Å². The standard InChI is InChI=1S/C8H12O3/c1-3-5-6-8(10-4-2)11-7-9/h5,7-8H,1,4,6H2,2H3. The lowest BCUT2D eigenvalue weighted by Crippen LogP contribution is -2.15. The van der Waals surface area contributed by atoms with Gasteiger partial charge >= 0.3 is 0 Å². The molecular weight excluding hydrogens is 144 g/mol. The van der Waals surface area contributed by atoms with Gasteiger partial charge in [0.2, 0.25) is 6.29 Å². The third kappa shape index (κ3) is 5.40. The summed E-state index contributed by atoms with van der Waals surface area (Å²) in [7, 11) is 0. The number of carbonyl (C=O) groups excluding carboxylic acids is 1. The number of hydrogen-bond donors (Lipinski definition) is 0. The fourth-order valence-electron chi connectivity index (χ4n) is 0.590. The molecule has 1 unspecified atom stereocenters. The lowest BCUT2D eigenvalue weighted by molar-refractivity contribution is -0.161. The van der Waals surface area contributed by atoms with E-state index in [2.05, 4.69) is 17.0 Å². The van der Waals surface area contributed by atoms with Crippen LogP contribution in [0.2, 0.25) is 0 Å². The minimum Gasteiger partial charge on any atom is -0.438 e. The van der Waals surface area contributed by atoms with Crippen molar-refractivity contribution in [1.82, 2.24) is 0 Å². The quantitative estimate of drug-likeness (QED) is 0.330. The average Bonchev–Trinajstić information content (AvgIpc) is 2.01. The number of ether oxygens (including phenoxy) is 2. The maximum absolute atomic E-state index is 9.90. The fourth-order valence-corrected chi connectivity index (χ4v) is 0.590. The van der Waals surface area contributed by atoms with Gasteiger partial charge in [0.15, 0.2) is 0 Å². The number of hydrogen-bond acceptors (Lipinski definition) is 3. The Kier molecular flexibility index (Phi) is 6.39. The SMILES string of the molecule is C=C=CCC(OC=O)OCC. The Hall–Kier alpha value is -1.05. The highest BCUT2D eigenvalue weighted by molar-refractivity contribution is 5.37. The smallest absolute Gasteiger partial charge is 0.295 e. The molecule has 0 aliphatic rings. The summed E-state index contributed by atoms with van der Waals surface area (Å²) in [5.74, 6) is 0. The summed E-state index contributed by atoms with van der Waals surface area (Å²) in [5, 5.41) is 0. The van der Waals surface area contributed by atoms with Crippen LogP contribution in [0.25, 0.3) is 0 Å². The van der Waals surface area contributed by atoms with E-state index in [0.29, 0.717) is 19.5 Å². The van der Waals surface area contributed by atoms with Gasteiger partial charge in [0.1, 0.15) is 0 Å². The van der Waals surface area contributed by atoms with Gasteiger partial charge in [-0.05, 0) is 13.0 Å². The van der Waals surface area contributed by atoms with Gasteiger partial charge in [0.25, 0.3) is 6.47 Å². The van der Waals surface area contributed by atoms with Crippen LogP contribution in [0.3, 0.4) is 0 Å². The van der Waals surface area contributed by atoms with Gasteiger partial charge in [-0.25, -0.2) is 0 Å². The zero-order valence-electron chi connectivity index (χ0n) is 6.58. The van der Waals surface area contributed by atoms with E-state index < -0.39 is 6.29 Å². The largest absolute Gasteiger partial charge is 0.438 e. The molecule has 0 heterocycles. The minimum atomic E-state index is -0.494. The highest BCUT2D eigenvalue weighted by Crippen LogP contribution is 1.99. The fraction of sp³-hybridized carbons (Fsp3) is 0.500. The van der Waals surface area contributed by atoms with Crippen molar-refractivity contribution in [2.75, 3.05) is 6.61 Å². The third-order valence-electron chi connectivity index (χ3n) is 1.01. The highest BCUT2D eigenvalue weighted by atomic mass is 16.7. The molecule has 0 aromatic heterocycles. The number of carbonyl (C=O) groups is 1. The maximum Gasteiger partial charge on any atom is 0.295 e. The molecule has 3 heteroatoms. The van der Waals surface area contributed by atoms with E-state index in [9.17, 15) is 4.79 Å². The Balaban J connectivity index is 3.66. The first kappa shape index (κ1) is 9.95. The third-order valence-corrected chi connectivity index (χ3v) is 1.01. The molecule has 0 rings (SSSR count). The molecule has 62 valence electrons. The predicted octanol–water partition coefficient (Wildman–Crippen LogP) is 1.25. The molecule has 0 saturated carbocycles. The summed E-state index contributed by atoms with van der Waals surface area (Å²) >= 11 is 0. The van der Waals surface area contributed by atoms with Crippen LogP contribution in [-0.4, -0.2) is 19.4 Å². The predicted molar refractivity (Wildman–Crippen MR) is 40.9 cm³/mol. The summed E-state index contributed by atoms with van der Waals surface area (Å²) in [4.78, 5) is 9.90. The molecule has 0 bridgehead atoms. The van der Waals surface area contributed by atoms with Crippen molar-refractivity contribution in [3.8, 4) is 0 Å². The average molecular weight is 156 g/mol. The van der Waals surface area contributed by atoms with Crippen LogP contribution in [0.15, 0.2) is 18.4 Å². The van der Waals surface area contributed by atoms with E-state index in [1.165, 1.54) is 0 Å². The van der Waals surface area contributed by atoms with E-state index in [1.54, 1.807) is 6.08 Å². The molecule has 11 heavy (non-hydrogen) atoms. The van der Waals surface area contributed by atoms with Gasteiger partial charge in [-0.15, -0.1) is 5.73 Å². The van der Waals surface area contributed by atoms with Gasteiger partial charge in [-0.2, -0.15) is 0 Å². The first-order chi connectivity index (χ1) is 5.35. The van der Waals surface area contributed by atoms with Crippen molar-refractivity contribution in [1.29, 1.82) is 0 Å². The van der Waals surface area contributed by atoms with E-state index in [1.807, 2.05) is 6.92 Å². The molecule has 0 amide bonds. The van der Waals surface area contributed by atoms with Crippen LogP contribution < -0.4 is 0 Å². The highest BCUT2D eigenvalue weighted by Gasteiger charge is 2.04. The van der Waals surface area contributed by atoms with Crippen LogP contribution in [0, 0.1) is 0 Å². The Bertz CT molecular complexity index is 147. The Morgan fingerprint density at radius 3 is 2.91 bits per heavy atom. The second kappa shape index (κ2) is 7.06. The van der Waals surface area contributed by atoms with Crippen molar-refractivity contribution >= 4 is 6.47 Å². The summed E-state index contributed by atoms with van der Waals surface area (Å²) < 4.78 is 9.61. The van der Waals surface area contributed by atoms with Gasteiger partial charge in [-0.3, -0.25) is 4.79 Å². The molecule has 0 spiro atoms. The Morgan fingerprint density at radius 2 is 2.45 bits per heavy atom. The summed E-state index contributed by atoms with van der Waals surface area (Å²) in [6, 6.07) is 0. The summed E-state index contributed by atoms with van der Waals surface area (Å²) in [6.07, 6.45) is 1.66. The topological polar surface area (TPSA) is 35.5 Å². The van der Waals surface area contributed by atoms with E-state index in [0.717, 1.165) is 0 Å². The monoisotopic (exact) mass is 156 g/mol. The van der Waals surface area contributed by atoms with Gasteiger partial charge < -0.3 is 9.47 Å². The second-order valence-corrected chi connectivity index (χ2v) is 1.76. The van der Waals surface area contributed by atoms with Crippen LogP contribution in [0.4, 0.5) is 0 Å². The van der Waals surface area contributed by atoms with Crippen molar-refractivity contribution in [3.05, 3.63) is 18.4 Å². The zero-order valence-corrected chi connectivity index (χ0v) is 6.58. The molecular formula is C8H12O3. The zero-order chi connectivity index (χ0) is 8.53. The van der Waals surface area contributed by atoms with Crippen LogP contribution in [0.5, 0.6) is 0 Å². The molecule has 3 nitrogen and oxygen atoms in total. The Morgan fingerprint density at radius 1 is 1.73 bits per heavy atom. The molecule has 0 N–H and O–H groups in total. The molecule has 0 aromatic carbocycles. The molecule has 0 saturated heterocycles. The Labute approximate surface area is 66.3 Å². The van der Waals surface area contributed by atoms with Crippen LogP contribution in [-0.2, 0) is 14.3 Å². The first-order valence-corrected chi connectivity index (χ1v) is 3.40. The molecule has 0 fully saturated rings. The molecule has 1 atom stereocenters. The van der Waals surface area contributed by atoms with E-state index >= 15 is 0 Å². The van der Waals surface area contributed by atoms with Gasteiger partial charge in [0, 0.05) is 13.0 Å². The first-order valence-electron chi connectivity index (χ1n) is 3.40. The van der Waals surface area contributed by atoms with Crippen molar-refractivity contribution in [2.45, 2.75) is 19.6 Å². The van der Waals surface area contributed by atoms with Crippen LogP contribution >= 0.6 is 0 Å². The van der Waals surface area contributed by atoms with Crippen LogP contribution in [0.1, 0.15) is 13.3 Å². The molecule has 0 aliphatic heterocycles. The summed E-state index contributed by atoms with van der Waals surface area (Å²) in [6.45, 7) is 6.09. The lowest BCUT2D eigenvalue weighted by atomic mass is 10.4. The van der Waals surface area contributed by atoms with Crippen molar-refractivity contribution in [2.24, 2.45) is 0 Å². The summed E-state index contributed by atoms with van der Waals surface area (Å²) in [5.41, 5.74) is 2.56. The normalized spacial score (nSPS) is 11.4. The molecule has 0 aliphatic carbocycles. The van der Waals surface area contributed by atoms with Gasteiger partial charge in [0.05, 0.1) is 0 Å². The second-order valence-electron chi connectivity index (χ2n) is 1.76. The number of rotatable bonds is 6. The lowest BCUT2D eigenvalue weighted by Gasteiger charge is -2.11. The van der Waals surface area contributed by atoms with Crippen molar-refractivity contribution in [3.63, 3.8) is 0 Å². The minimum absolute atomic E-state index is 0.372. The maximum atomic E-state index is 9.90. The van der Waals surface area contributed by atoms with E-state index in [4.69, 9.17) is 4.74 Å². The van der Waals surface area contributed by atoms with E-state index in [-0.39, 0.29) is 0 Å². The molecule has 0 aromatic rings. The molecule has 0 radical (unpaired) electrons. The van der Waals surface area contributed by atoms with Gasteiger partial charge in [-0.1, -0.05) is 6.58 Å².